The fourth-order valence-electron chi connectivity index (χ4n) is 3.09. The van der Waals surface area contributed by atoms with E-state index in [9.17, 15) is 9.59 Å². The highest BCUT2D eigenvalue weighted by molar-refractivity contribution is 7.98. The Morgan fingerprint density at radius 3 is 2.28 bits per heavy atom. The van der Waals surface area contributed by atoms with Crippen molar-refractivity contribution >= 4 is 22.8 Å². The lowest BCUT2D eigenvalue weighted by atomic mass is 10.1. The van der Waals surface area contributed by atoms with Gasteiger partial charge in [-0.3, -0.25) is 13.9 Å². The summed E-state index contributed by atoms with van der Waals surface area (Å²) in [5.74, 6) is 1.16. The summed E-state index contributed by atoms with van der Waals surface area (Å²) in [5.41, 5.74) is 2.66. The van der Waals surface area contributed by atoms with Gasteiger partial charge in [0.15, 0.2) is 11.5 Å². The zero-order chi connectivity index (χ0) is 20.5. The maximum Gasteiger partial charge on any atom is 0.332 e. The topological polar surface area (TPSA) is 69.8 Å². The molecule has 0 fully saturated rings. The van der Waals surface area contributed by atoms with Crippen LogP contribution in [0.4, 0.5) is 0 Å². The number of thioether (sulfide) groups is 1. The van der Waals surface area contributed by atoms with Gasteiger partial charge in [-0.05, 0) is 12.5 Å². The lowest BCUT2D eigenvalue weighted by molar-refractivity contribution is 0.703. The summed E-state index contributed by atoms with van der Waals surface area (Å²) in [4.78, 5) is 34.6. The zero-order valence-corrected chi connectivity index (χ0v) is 17.2. The summed E-state index contributed by atoms with van der Waals surface area (Å²) in [6.45, 7) is 2.01. The highest BCUT2D eigenvalue weighted by Crippen LogP contribution is 2.28. The van der Waals surface area contributed by atoms with Gasteiger partial charge in [0.05, 0.1) is 0 Å². The van der Waals surface area contributed by atoms with Crippen LogP contribution in [-0.4, -0.2) is 19.1 Å². The average Bonchev–Trinajstić information content (AvgIpc) is 2.75. The molecule has 2 aromatic carbocycles. The molecule has 2 heterocycles. The quantitative estimate of drug-likeness (QED) is 0.386. The normalized spacial score (nSPS) is 11.1. The highest BCUT2D eigenvalue weighted by atomic mass is 32.2. The maximum atomic E-state index is 12.9. The van der Waals surface area contributed by atoms with Gasteiger partial charge in [-0.1, -0.05) is 60.2 Å². The summed E-state index contributed by atoms with van der Waals surface area (Å²) in [6.07, 6.45) is 0. The van der Waals surface area contributed by atoms with Crippen molar-refractivity contribution in [2.45, 2.75) is 17.7 Å². The largest absolute Gasteiger partial charge is 0.332 e. The Hall–Kier alpha value is -3.19. The van der Waals surface area contributed by atoms with Crippen molar-refractivity contribution in [3.63, 3.8) is 0 Å². The Kier molecular flexibility index (Phi) is 5.07. The number of rotatable bonds is 4. The molecule has 29 heavy (non-hydrogen) atoms. The second-order valence-electron chi connectivity index (χ2n) is 6.90. The first-order chi connectivity index (χ1) is 14.0. The summed E-state index contributed by atoms with van der Waals surface area (Å²) in [5, 5.41) is 0.942. The first-order valence-electron chi connectivity index (χ1n) is 9.17. The summed E-state index contributed by atoms with van der Waals surface area (Å²) in [7, 11) is 3.10. The van der Waals surface area contributed by atoms with Crippen LogP contribution in [-0.2, 0) is 19.8 Å². The predicted octanol–water partition coefficient (Wildman–Crippen LogP) is 3.29. The Morgan fingerprint density at radius 2 is 1.59 bits per heavy atom. The molecule has 0 bridgehead atoms. The first-order valence-corrected chi connectivity index (χ1v) is 10.2. The van der Waals surface area contributed by atoms with Crippen molar-refractivity contribution in [1.29, 1.82) is 0 Å². The van der Waals surface area contributed by atoms with Gasteiger partial charge in [0.25, 0.3) is 5.56 Å². The molecule has 0 atom stereocenters. The third kappa shape index (κ3) is 3.61. The van der Waals surface area contributed by atoms with E-state index in [0.29, 0.717) is 27.6 Å². The van der Waals surface area contributed by atoms with Crippen LogP contribution < -0.4 is 11.2 Å². The molecule has 0 amide bonds. The van der Waals surface area contributed by atoms with E-state index in [1.807, 2.05) is 61.5 Å². The van der Waals surface area contributed by atoms with Crippen molar-refractivity contribution in [2.75, 3.05) is 0 Å². The highest BCUT2D eigenvalue weighted by Gasteiger charge is 2.18. The average molecular weight is 404 g/mol. The molecule has 4 rings (SSSR count). The molecule has 0 aliphatic carbocycles. The van der Waals surface area contributed by atoms with E-state index in [0.717, 1.165) is 21.3 Å². The van der Waals surface area contributed by atoms with E-state index >= 15 is 0 Å². The number of fused-ring (bicyclic) bond motifs is 1. The number of nitrogens with zero attached hydrogens (tertiary/aromatic N) is 4. The molecule has 0 spiro atoms. The smallest absolute Gasteiger partial charge is 0.280 e. The molecule has 6 nitrogen and oxygen atoms in total. The minimum absolute atomic E-state index is 0.347. The van der Waals surface area contributed by atoms with Crippen molar-refractivity contribution in [2.24, 2.45) is 14.1 Å². The Bertz CT molecular complexity index is 1310. The van der Waals surface area contributed by atoms with Crippen LogP contribution in [0.3, 0.4) is 0 Å². The van der Waals surface area contributed by atoms with E-state index < -0.39 is 5.69 Å². The van der Waals surface area contributed by atoms with E-state index in [4.69, 9.17) is 4.98 Å². The fraction of sp³-hybridized carbons (Fsp3) is 0.182. The van der Waals surface area contributed by atoms with Crippen LogP contribution in [0.1, 0.15) is 11.1 Å². The molecule has 0 aliphatic heterocycles. The van der Waals surface area contributed by atoms with E-state index in [-0.39, 0.29) is 5.56 Å². The third-order valence-corrected chi connectivity index (χ3v) is 5.84. The fourth-order valence-corrected chi connectivity index (χ4v) is 4.06. The Balaban J connectivity index is 1.94. The number of benzene rings is 2. The van der Waals surface area contributed by atoms with E-state index in [1.165, 1.54) is 23.4 Å². The van der Waals surface area contributed by atoms with Gasteiger partial charge in [-0.15, -0.1) is 11.8 Å². The Morgan fingerprint density at radius 1 is 0.897 bits per heavy atom. The molecule has 2 aromatic heterocycles. The van der Waals surface area contributed by atoms with Gasteiger partial charge >= 0.3 is 5.69 Å². The summed E-state index contributed by atoms with van der Waals surface area (Å²) >= 11 is 1.47. The molecule has 7 heteroatoms. The molecule has 0 unspecified atom stereocenters. The molecular formula is C22H20N4O2S. The number of aryl methyl sites for hydroxylation is 2. The monoisotopic (exact) mass is 404 g/mol. The van der Waals surface area contributed by atoms with E-state index in [1.54, 1.807) is 7.05 Å². The third-order valence-electron chi connectivity index (χ3n) is 4.79. The molecule has 4 aromatic rings. The van der Waals surface area contributed by atoms with Gasteiger partial charge in [-0.25, -0.2) is 14.8 Å². The van der Waals surface area contributed by atoms with Gasteiger partial charge < -0.3 is 0 Å². The minimum Gasteiger partial charge on any atom is -0.280 e. The molecule has 0 saturated carbocycles. The predicted molar refractivity (Wildman–Crippen MR) is 116 cm³/mol. The van der Waals surface area contributed by atoms with Gasteiger partial charge in [0.1, 0.15) is 10.4 Å². The molecule has 0 N–H and O–H groups in total. The second-order valence-corrected chi connectivity index (χ2v) is 7.86. The van der Waals surface area contributed by atoms with Gasteiger partial charge in [0, 0.05) is 25.4 Å². The molecule has 0 saturated heterocycles. The van der Waals surface area contributed by atoms with Crippen molar-refractivity contribution < 1.29 is 0 Å². The summed E-state index contributed by atoms with van der Waals surface area (Å²) in [6, 6.07) is 17.9. The van der Waals surface area contributed by atoms with Crippen LogP contribution >= 0.6 is 11.8 Å². The first kappa shape index (κ1) is 19.1. The lowest BCUT2D eigenvalue weighted by Gasteiger charge is -2.12. The standard InChI is InChI=1S/C22H20N4O2S/c1-14-9-11-16(12-10-14)18-23-19-17(21(27)26(3)22(28)25(19)2)20(24-18)29-13-15-7-5-4-6-8-15/h4-12H,13H2,1-3H3. The van der Waals surface area contributed by atoms with Crippen LogP contribution in [0.25, 0.3) is 22.4 Å². The van der Waals surface area contributed by atoms with Crippen molar-refractivity contribution in [3.8, 4) is 11.4 Å². The van der Waals surface area contributed by atoms with Crippen LogP contribution in [0.15, 0.2) is 69.2 Å². The van der Waals surface area contributed by atoms with Crippen LogP contribution in [0.2, 0.25) is 0 Å². The second kappa shape index (κ2) is 7.67. The van der Waals surface area contributed by atoms with Crippen molar-refractivity contribution in [3.05, 3.63) is 86.6 Å². The minimum atomic E-state index is -0.407. The SMILES string of the molecule is Cc1ccc(-c2nc(SCc3ccccc3)c3c(=O)n(C)c(=O)n(C)c3n2)cc1. The maximum absolute atomic E-state index is 12.9. The van der Waals surface area contributed by atoms with E-state index in [2.05, 4.69) is 4.98 Å². The molecule has 0 aliphatic rings. The molecule has 146 valence electrons. The zero-order valence-electron chi connectivity index (χ0n) is 16.4. The number of hydrogen-bond donors (Lipinski definition) is 0. The van der Waals surface area contributed by atoms with Crippen LogP contribution in [0, 0.1) is 6.92 Å². The Labute approximate surface area is 171 Å². The van der Waals surface area contributed by atoms with Gasteiger partial charge in [0.2, 0.25) is 0 Å². The van der Waals surface area contributed by atoms with Crippen molar-refractivity contribution in [1.82, 2.24) is 19.1 Å². The number of hydrogen-bond acceptors (Lipinski definition) is 5. The molecular weight excluding hydrogens is 384 g/mol. The molecule has 0 radical (unpaired) electrons. The van der Waals surface area contributed by atoms with Crippen LogP contribution in [0.5, 0.6) is 0 Å². The number of aromatic nitrogens is 4. The van der Waals surface area contributed by atoms with Gasteiger partial charge in [-0.2, -0.15) is 0 Å². The summed E-state index contributed by atoms with van der Waals surface area (Å²) < 4.78 is 2.51. The lowest BCUT2D eigenvalue weighted by Crippen LogP contribution is -2.37.